The van der Waals surface area contributed by atoms with Crippen molar-refractivity contribution in [1.82, 2.24) is 9.78 Å². The molecular weight excluding hydrogens is 339 g/mol. The van der Waals surface area contributed by atoms with Crippen molar-refractivity contribution in [3.05, 3.63) is 41.8 Å². The van der Waals surface area contributed by atoms with Crippen molar-refractivity contribution in [3.63, 3.8) is 0 Å². The Morgan fingerprint density at radius 1 is 1.27 bits per heavy atom. The van der Waals surface area contributed by atoms with E-state index in [9.17, 15) is 14.0 Å². The average molecular weight is 360 g/mol. The first-order valence-corrected chi connectivity index (χ1v) is 8.50. The smallest absolute Gasteiger partial charge is 0.380 e. The molecule has 0 saturated heterocycles. The van der Waals surface area contributed by atoms with Gasteiger partial charge in [-0.15, -0.1) is 5.10 Å². The molecule has 1 aliphatic rings. The maximum absolute atomic E-state index is 14.0. The third-order valence-corrected chi connectivity index (χ3v) is 3.75. The Labute approximate surface area is 150 Å². The van der Waals surface area contributed by atoms with E-state index < -0.39 is 28.7 Å². The average Bonchev–Trinajstić information content (AvgIpc) is 3.25. The molecule has 0 unspecified atom stereocenters. The molecule has 1 aromatic carbocycles. The van der Waals surface area contributed by atoms with Crippen LogP contribution in [0.5, 0.6) is 11.6 Å². The van der Waals surface area contributed by atoms with Crippen LogP contribution in [0.2, 0.25) is 0 Å². The van der Waals surface area contributed by atoms with E-state index in [4.69, 9.17) is 9.47 Å². The van der Waals surface area contributed by atoms with E-state index in [2.05, 4.69) is 5.10 Å². The van der Waals surface area contributed by atoms with Crippen LogP contribution in [-0.4, -0.2) is 27.1 Å². The van der Waals surface area contributed by atoms with Gasteiger partial charge in [0.1, 0.15) is 17.2 Å². The van der Waals surface area contributed by atoms with Crippen molar-refractivity contribution >= 4 is 11.8 Å². The standard InChI is InChI=1S/C19H21FN2O4/c1-19(2,3)26-18(24)17(23)14-10-13(6-7-15(14)20)25-16-8-9-22(21-16)11-12-4-5-12/h6-10,12H,4-5,11H2,1-3H3. The van der Waals surface area contributed by atoms with Crippen molar-refractivity contribution in [3.8, 4) is 11.6 Å². The third kappa shape index (κ3) is 4.68. The van der Waals surface area contributed by atoms with Crippen LogP contribution in [0.15, 0.2) is 30.5 Å². The van der Waals surface area contributed by atoms with Gasteiger partial charge in [0.05, 0.1) is 5.56 Å². The number of nitrogens with zero attached hydrogens (tertiary/aromatic N) is 2. The molecule has 0 N–H and O–H groups in total. The summed E-state index contributed by atoms with van der Waals surface area (Å²) < 4.78 is 26.4. The van der Waals surface area contributed by atoms with Crippen molar-refractivity contribution < 1.29 is 23.5 Å². The molecule has 7 heteroatoms. The number of carbonyl (C=O) groups is 2. The molecule has 2 aromatic rings. The summed E-state index contributed by atoms with van der Waals surface area (Å²) in [6.07, 6.45) is 4.23. The summed E-state index contributed by atoms with van der Waals surface area (Å²) in [6.45, 7) is 5.74. The van der Waals surface area contributed by atoms with Crippen LogP contribution >= 0.6 is 0 Å². The predicted molar refractivity (Wildman–Crippen MR) is 91.6 cm³/mol. The molecule has 138 valence electrons. The molecule has 0 aliphatic heterocycles. The van der Waals surface area contributed by atoms with Crippen LogP contribution in [0.25, 0.3) is 0 Å². The van der Waals surface area contributed by atoms with Crippen molar-refractivity contribution in [1.29, 1.82) is 0 Å². The second kappa shape index (κ2) is 6.90. The molecule has 1 heterocycles. The van der Waals surface area contributed by atoms with E-state index in [-0.39, 0.29) is 5.75 Å². The maximum Gasteiger partial charge on any atom is 0.380 e. The number of rotatable bonds is 6. The second-order valence-electron chi connectivity index (χ2n) is 7.39. The van der Waals surface area contributed by atoms with Crippen LogP contribution in [0.3, 0.4) is 0 Å². The number of hydrogen-bond donors (Lipinski definition) is 0. The van der Waals surface area contributed by atoms with E-state index in [0.717, 1.165) is 12.6 Å². The Hall–Kier alpha value is -2.70. The van der Waals surface area contributed by atoms with Gasteiger partial charge < -0.3 is 9.47 Å². The molecule has 0 radical (unpaired) electrons. The number of ether oxygens (including phenoxy) is 2. The number of Topliss-reactive ketones (excluding diaryl/α,β-unsaturated/α-hetero) is 1. The molecule has 1 saturated carbocycles. The zero-order valence-corrected chi connectivity index (χ0v) is 15.0. The van der Waals surface area contributed by atoms with Gasteiger partial charge >= 0.3 is 5.97 Å². The second-order valence-corrected chi connectivity index (χ2v) is 7.39. The first-order chi connectivity index (χ1) is 12.2. The van der Waals surface area contributed by atoms with Crippen molar-refractivity contribution in [2.75, 3.05) is 0 Å². The van der Waals surface area contributed by atoms with Gasteiger partial charge in [0.15, 0.2) is 0 Å². The molecule has 0 bridgehead atoms. The van der Waals surface area contributed by atoms with E-state index in [0.29, 0.717) is 11.8 Å². The van der Waals surface area contributed by atoms with Crippen LogP contribution in [0.1, 0.15) is 44.0 Å². The fraction of sp³-hybridized carbons (Fsp3) is 0.421. The fourth-order valence-corrected chi connectivity index (χ4v) is 2.36. The summed E-state index contributed by atoms with van der Waals surface area (Å²) in [6, 6.07) is 5.33. The predicted octanol–water partition coefficient (Wildman–Crippen LogP) is 3.75. The van der Waals surface area contributed by atoms with Crippen LogP contribution < -0.4 is 4.74 Å². The van der Waals surface area contributed by atoms with Gasteiger partial charge in [-0.3, -0.25) is 9.48 Å². The van der Waals surface area contributed by atoms with E-state index in [1.807, 2.05) is 6.20 Å². The van der Waals surface area contributed by atoms with Crippen molar-refractivity contribution in [2.24, 2.45) is 5.92 Å². The molecule has 0 spiro atoms. The van der Waals surface area contributed by atoms with Crippen LogP contribution in [-0.2, 0) is 16.1 Å². The highest BCUT2D eigenvalue weighted by Gasteiger charge is 2.27. The minimum absolute atomic E-state index is 0.218. The molecule has 1 fully saturated rings. The Bertz CT molecular complexity index is 834. The quantitative estimate of drug-likeness (QED) is 0.446. The fourth-order valence-electron chi connectivity index (χ4n) is 2.36. The summed E-state index contributed by atoms with van der Waals surface area (Å²) >= 11 is 0. The van der Waals surface area contributed by atoms with Gasteiger partial charge in [-0.25, -0.2) is 9.18 Å². The number of esters is 1. The minimum Gasteiger partial charge on any atom is -0.454 e. The molecule has 26 heavy (non-hydrogen) atoms. The summed E-state index contributed by atoms with van der Waals surface area (Å²) in [4.78, 5) is 24.1. The van der Waals surface area contributed by atoms with Gasteiger partial charge in [-0.2, -0.15) is 0 Å². The first-order valence-electron chi connectivity index (χ1n) is 8.50. The van der Waals surface area contributed by atoms with Crippen molar-refractivity contribution in [2.45, 2.75) is 45.8 Å². The summed E-state index contributed by atoms with van der Waals surface area (Å²) in [7, 11) is 0. The Kier molecular flexibility index (Phi) is 4.80. The minimum atomic E-state index is -1.11. The molecule has 6 nitrogen and oxygen atoms in total. The van der Waals surface area contributed by atoms with Gasteiger partial charge in [0.2, 0.25) is 5.88 Å². The Morgan fingerprint density at radius 2 is 2.00 bits per heavy atom. The summed E-state index contributed by atoms with van der Waals surface area (Å²) in [5, 5.41) is 4.29. The monoisotopic (exact) mass is 360 g/mol. The third-order valence-electron chi connectivity index (χ3n) is 3.75. The Morgan fingerprint density at radius 3 is 2.65 bits per heavy atom. The van der Waals surface area contributed by atoms with Gasteiger partial charge in [0, 0.05) is 18.8 Å². The first kappa shape index (κ1) is 18.1. The molecule has 1 aromatic heterocycles. The van der Waals surface area contributed by atoms with Gasteiger partial charge in [-0.05, 0) is 57.7 Å². The van der Waals surface area contributed by atoms with E-state index in [1.54, 1.807) is 31.5 Å². The number of carbonyl (C=O) groups excluding carboxylic acids is 2. The molecule has 0 atom stereocenters. The SMILES string of the molecule is CC(C)(C)OC(=O)C(=O)c1cc(Oc2ccn(CC3CC3)n2)ccc1F. The number of hydrogen-bond acceptors (Lipinski definition) is 5. The van der Waals surface area contributed by atoms with Crippen LogP contribution in [0.4, 0.5) is 4.39 Å². The lowest BCUT2D eigenvalue weighted by Crippen LogP contribution is -2.29. The maximum atomic E-state index is 14.0. The Balaban J connectivity index is 1.73. The lowest BCUT2D eigenvalue weighted by Gasteiger charge is -2.18. The zero-order valence-electron chi connectivity index (χ0n) is 15.0. The lowest BCUT2D eigenvalue weighted by atomic mass is 10.1. The number of aromatic nitrogens is 2. The van der Waals surface area contributed by atoms with Gasteiger partial charge in [0.25, 0.3) is 5.78 Å². The molecular formula is C19H21FN2O4. The van der Waals surface area contributed by atoms with Gasteiger partial charge in [-0.1, -0.05) is 0 Å². The summed E-state index contributed by atoms with van der Waals surface area (Å²) in [5.74, 6) is -1.74. The number of halogens is 1. The summed E-state index contributed by atoms with van der Waals surface area (Å²) in [5.41, 5.74) is -1.24. The number of benzene rings is 1. The molecule has 0 amide bonds. The zero-order chi connectivity index (χ0) is 18.9. The van der Waals surface area contributed by atoms with E-state index in [1.165, 1.54) is 25.0 Å². The van der Waals surface area contributed by atoms with Crippen LogP contribution in [0, 0.1) is 11.7 Å². The highest BCUT2D eigenvalue weighted by Crippen LogP contribution is 2.31. The molecule has 1 aliphatic carbocycles. The van der Waals surface area contributed by atoms with E-state index >= 15 is 0 Å². The topological polar surface area (TPSA) is 70.4 Å². The lowest BCUT2D eigenvalue weighted by molar-refractivity contribution is -0.148. The number of ketones is 1. The highest BCUT2D eigenvalue weighted by molar-refractivity contribution is 6.40. The largest absolute Gasteiger partial charge is 0.454 e. The highest BCUT2D eigenvalue weighted by atomic mass is 19.1. The molecule has 3 rings (SSSR count). The normalized spacial score (nSPS) is 14.2.